The van der Waals surface area contributed by atoms with E-state index in [0.29, 0.717) is 0 Å². The summed E-state index contributed by atoms with van der Waals surface area (Å²) in [5, 5.41) is 9.15. The number of aryl methyl sites for hydroxylation is 1. The van der Waals surface area contributed by atoms with Gasteiger partial charge in [-0.3, -0.25) is 0 Å². The number of aliphatic hydroxyl groups excluding tert-OH is 1. The minimum absolute atomic E-state index is 0.0320. The standard InChI is InChI=1S/C15H22Br2O/c1-15(2,14(17)18)10-5-3-4-7-12-8-6-9-13(16)11-12/h6,8-9,11,14,18H,3-5,7,10H2,1-2H3. The highest BCUT2D eigenvalue weighted by molar-refractivity contribution is 9.10. The molecule has 0 saturated carbocycles. The molecular weight excluding hydrogens is 356 g/mol. The van der Waals surface area contributed by atoms with Crippen molar-refractivity contribution in [3.8, 4) is 0 Å². The molecule has 102 valence electrons. The fourth-order valence-corrected chi connectivity index (χ4v) is 2.57. The van der Waals surface area contributed by atoms with Crippen molar-refractivity contribution in [2.24, 2.45) is 5.41 Å². The van der Waals surface area contributed by atoms with Crippen molar-refractivity contribution >= 4 is 31.9 Å². The van der Waals surface area contributed by atoms with Gasteiger partial charge in [0.2, 0.25) is 0 Å². The Hall–Kier alpha value is 0.140. The van der Waals surface area contributed by atoms with Gasteiger partial charge in [-0.1, -0.05) is 70.7 Å². The van der Waals surface area contributed by atoms with Crippen LogP contribution in [0.15, 0.2) is 28.7 Å². The van der Waals surface area contributed by atoms with Crippen molar-refractivity contribution in [1.29, 1.82) is 0 Å². The molecule has 0 fully saturated rings. The van der Waals surface area contributed by atoms with E-state index in [1.54, 1.807) is 0 Å². The summed E-state index contributed by atoms with van der Waals surface area (Å²) in [7, 11) is 0. The van der Waals surface area contributed by atoms with Gasteiger partial charge in [0.25, 0.3) is 0 Å². The van der Waals surface area contributed by atoms with Crippen LogP contribution in [0.25, 0.3) is 0 Å². The predicted molar refractivity (Wildman–Crippen MR) is 85.0 cm³/mol. The van der Waals surface area contributed by atoms with E-state index >= 15 is 0 Å². The maximum absolute atomic E-state index is 9.56. The molecule has 0 aliphatic carbocycles. The number of benzene rings is 1. The van der Waals surface area contributed by atoms with Gasteiger partial charge in [0.05, 0.1) is 0 Å². The maximum Gasteiger partial charge on any atom is 0.114 e. The lowest BCUT2D eigenvalue weighted by Crippen LogP contribution is -2.23. The zero-order valence-electron chi connectivity index (χ0n) is 11.1. The third-order valence-corrected chi connectivity index (χ3v) is 5.05. The fourth-order valence-electron chi connectivity index (χ4n) is 1.90. The molecule has 3 heteroatoms. The smallest absolute Gasteiger partial charge is 0.114 e. The average molecular weight is 378 g/mol. The van der Waals surface area contributed by atoms with Gasteiger partial charge in [-0.25, -0.2) is 0 Å². The summed E-state index contributed by atoms with van der Waals surface area (Å²) in [6.07, 6.45) is 5.79. The van der Waals surface area contributed by atoms with Crippen molar-refractivity contribution in [3.05, 3.63) is 34.3 Å². The van der Waals surface area contributed by atoms with Crippen molar-refractivity contribution in [3.63, 3.8) is 0 Å². The van der Waals surface area contributed by atoms with E-state index < -0.39 is 5.01 Å². The number of halogens is 2. The van der Waals surface area contributed by atoms with Crippen molar-refractivity contribution in [2.75, 3.05) is 0 Å². The van der Waals surface area contributed by atoms with Crippen LogP contribution in [0.5, 0.6) is 0 Å². The van der Waals surface area contributed by atoms with Crippen molar-refractivity contribution in [2.45, 2.75) is 51.0 Å². The predicted octanol–water partition coefficient (Wildman–Crippen LogP) is 5.29. The zero-order valence-corrected chi connectivity index (χ0v) is 14.3. The molecule has 0 saturated heterocycles. The van der Waals surface area contributed by atoms with Crippen LogP contribution in [-0.2, 0) is 6.42 Å². The molecule has 0 bridgehead atoms. The summed E-state index contributed by atoms with van der Waals surface area (Å²) >= 11 is 6.75. The Kier molecular flexibility index (Phi) is 6.89. The van der Waals surface area contributed by atoms with Crippen LogP contribution < -0.4 is 0 Å². The number of hydrogen-bond donors (Lipinski definition) is 1. The molecule has 0 aliphatic rings. The maximum atomic E-state index is 9.56. The molecule has 1 nitrogen and oxygen atoms in total. The molecule has 0 heterocycles. The monoisotopic (exact) mass is 376 g/mol. The van der Waals surface area contributed by atoms with E-state index in [4.69, 9.17) is 0 Å². The first kappa shape index (κ1) is 16.2. The van der Waals surface area contributed by atoms with Crippen LogP contribution in [0, 0.1) is 5.41 Å². The first-order chi connectivity index (χ1) is 8.42. The highest BCUT2D eigenvalue weighted by atomic mass is 79.9. The highest BCUT2D eigenvalue weighted by Gasteiger charge is 2.24. The van der Waals surface area contributed by atoms with Crippen molar-refractivity contribution in [1.82, 2.24) is 0 Å². The van der Waals surface area contributed by atoms with Gasteiger partial charge in [-0.2, -0.15) is 0 Å². The second-order valence-electron chi connectivity index (χ2n) is 5.51. The Morgan fingerprint density at radius 2 is 1.94 bits per heavy atom. The van der Waals surface area contributed by atoms with E-state index in [1.807, 2.05) is 0 Å². The Morgan fingerprint density at radius 3 is 2.56 bits per heavy atom. The van der Waals surface area contributed by atoms with E-state index in [1.165, 1.54) is 24.8 Å². The molecule has 0 aliphatic heterocycles. The van der Waals surface area contributed by atoms with Gasteiger partial charge in [0.15, 0.2) is 0 Å². The molecule has 1 aromatic rings. The lowest BCUT2D eigenvalue weighted by atomic mass is 9.87. The number of rotatable bonds is 7. The third-order valence-electron chi connectivity index (χ3n) is 3.32. The highest BCUT2D eigenvalue weighted by Crippen LogP contribution is 2.31. The molecule has 1 unspecified atom stereocenters. The van der Waals surface area contributed by atoms with Gasteiger partial charge in [0.1, 0.15) is 5.01 Å². The number of alkyl halides is 1. The van der Waals surface area contributed by atoms with Gasteiger partial charge in [0, 0.05) is 9.89 Å². The van der Waals surface area contributed by atoms with Crippen LogP contribution in [0.3, 0.4) is 0 Å². The van der Waals surface area contributed by atoms with Crippen LogP contribution >= 0.6 is 31.9 Å². The summed E-state index contributed by atoms with van der Waals surface area (Å²) < 4.78 is 1.16. The molecule has 1 N–H and O–H groups in total. The minimum Gasteiger partial charge on any atom is -0.381 e. The molecule has 1 rings (SSSR count). The fraction of sp³-hybridized carbons (Fsp3) is 0.600. The Bertz CT molecular complexity index is 361. The first-order valence-corrected chi connectivity index (χ1v) is 8.19. The van der Waals surface area contributed by atoms with Gasteiger partial charge in [-0.15, -0.1) is 0 Å². The molecular formula is C15H22Br2O. The second-order valence-corrected chi connectivity index (χ2v) is 7.30. The van der Waals surface area contributed by atoms with Crippen LogP contribution in [0.4, 0.5) is 0 Å². The molecule has 1 aromatic carbocycles. The zero-order chi connectivity index (χ0) is 13.6. The number of hydrogen-bond acceptors (Lipinski definition) is 1. The Morgan fingerprint density at radius 1 is 1.22 bits per heavy atom. The van der Waals surface area contributed by atoms with Crippen molar-refractivity contribution < 1.29 is 5.11 Å². The second kappa shape index (κ2) is 7.66. The van der Waals surface area contributed by atoms with E-state index in [2.05, 4.69) is 70.0 Å². The molecule has 18 heavy (non-hydrogen) atoms. The molecule has 0 aromatic heterocycles. The minimum atomic E-state index is -0.407. The largest absolute Gasteiger partial charge is 0.381 e. The van der Waals surface area contributed by atoms with Crippen LogP contribution in [0.1, 0.15) is 45.1 Å². The lowest BCUT2D eigenvalue weighted by molar-refractivity contribution is 0.121. The molecule has 0 amide bonds. The van der Waals surface area contributed by atoms with E-state index in [9.17, 15) is 5.11 Å². The SMILES string of the molecule is CC(C)(CCCCCc1cccc(Br)c1)C(O)Br. The summed E-state index contributed by atoms with van der Waals surface area (Å²) in [4.78, 5) is 0. The molecule has 1 atom stereocenters. The Balaban J connectivity index is 2.20. The number of unbranched alkanes of at least 4 members (excludes halogenated alkanes) is 2. The summed E-state index contributed by atoms with van der Waals surface area (Å²) in [6, 6.07) is 8.51. The molecule has 0 spiro atoms. The average Bonchev–Trinajstić information content (AvgIpc) is 2.28. The summed E-state index contributed by atoms with van der Waals surface area (Å²) in [6.45, 7) is 4.20. The molecule has 0 radical (unpaired) electrons. The van der Waals surface area contributed by atoms with Crippen LogP contribution in [0.2, 0.25) is 0 Å². The van der Waals surface area contributed by atoms with E-state index in [-0.39, 0.29) is 5.41 Å². The third kappa shape index (κ3) is 5.85. The van der Waals surface area contributed by atoms with Gasteiger partial charge >= 0.3 is 0 Å². The number of aliphatic hydroxyl groups is 1. The summed E-state index contributed by atoms with van der Waals surface area (Å²) in [5.41, 5.74) is 1.36. The van der Waals surface area contributed by atoms with Gasteiger partial charge in [-0.05, 0) is 37.0 Å². The normalized spacial score (nSPS) is 13.6. The topological polar surface area (TPSA) is 20.2 Å². The van der Waals surface area contributed by atoms with Crippen LogP contribution in [-0.4, -0.2) is 10.1 Å². The Labute approximate surface area is 127 Å². The van der Waals surface area contributed by atoms with E-state index in [0.717, 1.165) is 17.3 Å². The van der Waals surface area contributed by atoms with Gasteiger partial charge < -0.3 is 5.11 Å². The lowest BCUT2D eigenvalue weighted by Gasteiger charge is -2.26. The first-order valence-electron chi connectivity index (χ1n) is 6.48. The summed E-state index contributed by atoms with van der Waals surface area (Å²) in [5.74, 6) is 0. The quantitative estimate of drug-likeness (QED) is 0.505.